The third-order valence-electron chi connectivity index (χ3n) is 4.98. The summed E-state index contributed by atoms with van der Waals surface area (Å²) in [5.74, 6) is 0.456. The number of halogens is 2. The van der Waals surface area contributed by atoms with E-state index in [0.29, 0.717) is 41.8 Å². The number of carbonyl (C=O) groups excluding carboxylic acids is 2. The maximum atomic E-state index is 12.7. The van der Waals surface area contributed by atoms with Gasteiger partial charge in [-0.3, -0.25) is 9.59 Å². The van der Waals surface area contributed by atoms with E-state index in [9.17, 15) is 9.59 Å². The van der Waals surface area contributed by atoms with Gasteiger partial charge < -0.3 is 14.5 Å². The Morgan fingerprint density at radius 3 is 2.39 bits per heavy atom. The molecule has 2 amide bonds. The molecule has 0 aliphatic carbocycles. The molecule has 1 aliphatic heterocycles. The van der Waals surface area contributed by atoms with Gasteiger partial charge in [0.1, 0.15) is 5.75 Å². The van der Waals surface area contributed by atoms with Gasteiger partial charge >= 0.3 is 0 Å². The number of benzene rings is 2. The van der Waals surface area contributed by atoms with Crippen molar-refractivity contribution >= 4 is 35.0 Å². The molecular formula is C21H22Cl2N2O3. The van der Waals surface area contributed by atoms with Crippen molar-refractivity contribution in [3.8, 4) is 5.75 Å². The first-order valence-electron chi connectivity index (χ1n) is 9.08. The predicted molar refractivity (Wildman–Crippen MR) is 110 cm³/mol. The molecule has 0 N–H and O–H groups in total. The van der Waals surface area contributed by atoms with E-state index in [0.717, 1.165) is 16.9 Å². The normalized spacial score (nSPS) is 14.1. The molecule has 0 aromatic heterocycles. The Kier molecular flexibility index (Phi) is 6.47. The van der Waals surface area contributed by atoms with E-state index < -0.39 is 0 Å². The molecule has 0 atom stereocenters. The first kappa shape index (κ1) is 20.5. The number of ether oxygens (including phenoxy) is 1. The van der Waals surface area contributed by atoms with E-state index in [1.807, 2.05) is 32.0 Å². The highest BCUT2D eigenvalue weighted by Gasteiger charge is 2.26. The van der Waals surface area contributed by atoms with Crippen molar-refractivity contribution in [3.05, 3.63) is 63.1 Å². The van der Waals surface area contributed by atoms with Crippen LogP contribution in [-0.2, 0) is 4.79 Å². The molecule has 0 saturated carbocycles. The lowest BCUT2D eigenvalue weighted by Crippen LogP contribution is -2.51. The number of hydrogen-bond donors (Lipinski definition) is 0. The van der Waals surface area contributed by atoms with Gasteiger partial charge in [-0.05, 0) is 49.2 Å². The Labute approximate surface area is 174 Å². The van der Waals surface area contributed by atoms with Crippen LogP contribution in [0.4, 0.5) is 0 Å². The molecule has 2 aromatic carbocycles. The minimum Gasteiger partial charge on any atom is -0.483 e. The van der Waals surface area contributed by atoms with Crippen molar-refractivity contribution in [2.24, 2.45) is 0 Å². The lowest BCUT2D eigenvalue weighted by Gasteiger charge is -2.35. The molecular weight excluding hydrogens is 399 g/mol. The number of aryl methyl sites for hydroxylation is 1. The monoisotopic (exact) mass is 420 g/mol. The van der Waals surface area contributed by atoms with Crippen molar-refractivity contribution in [2.75, 3.05) is 32.8 Å². The Hall–Kier alpha value is -2.24. The standard InChI is InChI=1S/C21H22Cl2N2O3/c1-14-4-3-5-19(15(14)2)28-13-20(26)24-8-10-25(11-9-24)21(27)17-12-16(22)6-7-18(17)23/h3-7,12H,8-11,13H2,1-2H3. The number of carbonyl (C=O) groups is 2. The first-order chi connectivity index (χ1) is 13.4. The predicted octanol–water partition coefficient (Wildman–Crippen LogP) is 3.97. The van der Waals surface area contributed by atoms with Gasteiger partial charge in [0.2, 0.25) is 0 Å². The minimum atomic E-state index is -0.175. The highest BCUT2D eigenvalue weighted by molar-refractivity contribution is 6.35. The van der Waals surface area contributed by atoms with Crippen LogP contribution < -0.4 is 4.74 Å². The number of nitrogens with zero attached hydrogens (tertiary/aromatic N) is 2. The Morgan fingerprint density at radius 2 is 1.68 bits per heavy atom. The highest BCUT2D eigenvalue weighted by atomic mass is 35.5. The van der Waals surface area contributed by atoms with Crippen molar-refractivity contribution in [3.63, 3.8) is 0 Å². The van der Waals surface area contributed by atoms with E-state index in [4.69, 9.17) is 27.9 Å². The molecule has 1 heterocycles. The molecule has 2 aromatic rings. The van der Waals surface area contributed by atoms with E-state index in [-0.39, 0.29) is 18.4 Å². The topological polar surface area (TPSA) is 49.9 Å². The fraction of sp³-hybridized carbons (Fsp3) is 0.333. The molecule has 1 fully saturated rings. The number of rotatable bonds is 4. The van der Waals surface area contributed by atoms with Gasteiger partial charge in [-0.15, -0.1) is 0 Å². The van der Waals surface area contributed by atoms with E-state index >= 15 is 0 Å². The lowest BCUT2D eigenvalue weighted by molar-refractivity contribution is -0.134. The van der Waals surface area contributed by atoms with Gasteiger partial charge in [0.05, 0.1) is 10.6 Å². The third-order valence-corrected chi connectivity index (χ3v) is 5.55. The van der Waals surface area contributed by atoms with Crippen LogP contribution in [0.15, 0.2) is 36.4 Å². The molecule has 3 rings (SSSR count). The largest absolute Gasteiger partial charge is 0.483 e. The maximum Gasteiger partial charge on any atom is 0.260 e. The zero-order chi connectivity index (χ0) is 20.3. The second kappa shape index (κ2) is 8.84. The summed E-state index contributed by atoms with van der Waals surface area (Å²) < 4.78 is 5.70. The molecule has 5 nitrogen and oxygen atoms in total. The van der Waals surface area contributed by atoms with Crippen LogP contribution in [0, 0.1) is 13.8 Å². The van der Waals surface area contributed by atoms with E-state index in [1.165, 1.54) is 0 Å². The van der Waals surface area contributed by atoms with Gasteiger partial charge in [0.15, 0.2) is 6.61 Å². The Balaban J connectivity index is 1.54. The van der Waals surface area contributed by atoms with Crippen molar-refractivity contribution in [2.45, 2.75) is 13.8 Å². The smallest absolute Gasteiger partial charge is 0.260 e. The summed E-state index contributed by atoms with van der Waals surface area (Å²) in [6.07, 6.45) is 0. The zero-order valence-electron chi connectivity index (χ0n) is 15.9. The summed E-state index contributed by atoms with van der Waals surface area (Å²) in [6.45, 7) is 5.76. The van der Waals surface area contributed by atoms with Crippen LogP contribution in [0.3, 0.4) is 0 Å². The molecule has 0 unspecified atom stereocenters. The van der Waals surface area contributed by atoms with Crippen molar-refractivity contribution < 1.29 is 14.3 Å². The highest BCUT2D eigenvalue weighted by Crippen LogP contribution is 2.23. The molecule has 7 heteroatoms. The van der Waals surface area contributed by atoms with Gasteiger partial charge in [0.25, 0.3) is 11.8 Å². The fourth-order valence-electron chi connectivity index (χ4n) is 3.10. The molecule has 0 bridgehead atoms. The van der Waals surface area contributed by atoms with Gasteiger partial charge in [-0.1, -0.05) is 35.3 Å². The minimum absolute atomic E-state index is 0.0155. The summed E-state index contributed by atoms with van der Waals surface area (Å²) in [4.78, 5) is 28.6. The quantitative estimate of drug-likeness (QED) is 0.751. The van der Waals surface area contributed by atoms with Crippen LogP contribution >= 0.6 is 23.2 Å². The lowest BCUT2D eigenvalue weighted by atomic mass is 10.1. The summed E-state index contributed by atoms with van der Waals surface area (Å²) in [5, 5.41) is 0.833. The summed E-state index contributed by atoms with van der Waals surface area (Å²) in [5.41, 5.74) is 2.54. The molecule has 1 saturated heterocycles. The second-order valence-electron chi connectivity index (χ2n) is 6.78. The third kappa shape index (κ3) is 4.59. The summed E-state index contributed by atoms with van der Waals surface area (Å²) in [7, 11) is 0. The van der Waals surface area contributed by atoms with Gasteiger partial charge in [-0.25, -0.2) is 0 Å². The SMILES string of the molecule is Cc1cccc(OCC(=O)N2CCN(C(=O)c3cc(Cl)ccc3Cl)CC2)c1C. The average Bonchev–Trinajstić information content (AvgIpc) is 2.70. The number of hydrogen-bond acceptors (Lipinski definition) is 3. The number of amides is 2. The van der Waals surface area contributed by atoms with E-state index in [1.54, 1.807) is 28.0 Å². The van der Waals surface area contributed by atoms with E-state index in [2.05, 4.69) is 0 Å². The second-order valence-corrected chi connectivity index (χ2v) is 7.63. The first-order valence-corrected chi connectivity index (χ1v) is 9.83. The van der Waals surface area contributed by atoms with Crippen LogP contribution in [0.25, 0.3) is 0 Å². The zero-order valence-corrected chi connectivity index (χ0v) is 17.4. The van der Waals surface area contributed by atoms with Crippen LogP contribution in [0.1, 0.15) is 21.5 Å². The molecule has 0 radical (unpaired) electrons. The van der Waals surface area contributed by atoms with Crippen LogP contribution in [-0.4, -0.2) is 54.4 Å². The molecule has 0 spiro atoms. The van der Waals surface area contributed by atoms with Gasteiger partial charge in [0, 0.05) is 31.2 Å². The average molecular weight is 421 g/mol. The van der Waals surface area contributed by atoms with Crippen molar-refractivity contribution in [1.29, 1.82) is 0 Å². The Bertz CT molecular complexity index is 893. The van der Waals surface area contributed by atoms with Crippen LogP contribution in [0.2, 0.25) is 10.0 Å². The fourth-order valence-corrected chi connectivity index (χ4v) is 3.47. The maximum absolute atomic E-state index is 12.7. The van der Waals surface area contributed by atoms with Crippen LogP contribution in [0.5, 0.6) is 5.75 Å². The van der Waals surface area contributed by atoms with Crippen molar-refractivity contribution in [1.82, 2.24) is 9.80 Å². The molecule has 28 heavy (non-hydrogen) atoms. The molecule has 1 aliphatic rings. The Morgan fingerprint density at radius 1 is 1.00 bits per heavy atom. The molecule has 148 valence electrons. The summed E-state index contributed by atoms with van der Waals surface area (Å²) in [6, 6.07) is 10.6. The summed E-state index contributed by atoms with van der Waals surface area (Å²) >= 11 is 12.1. The van der Waals surface area contributed by atoms with Gasteiger partial charge in [-0.2, -0.15) is 0 Å². The number of piperazine rings is 1.